The Morgan fingerprint density at radius 3 is 2.65 bits per heavy atom. The van der Waals surface area contributed by atoms with Gasteiger partial charge in [0.25, 0.3) is 0 Å². The van der Waals surface area contributed by atoms with E-state index >= 15 is 0 Å². The molecule has 0 heterocycles. The second kappa shape index (κ2) is 7.54. The van der Waals surface area contributed by atoms with Gasteiger partial charge in [0, 0.05) is 19.7 Å². The number of carbonyl (C=O) groups excluding carboxylic acids is 1. The van der Waals surface area contributed by atoms with Crippen LogP contribution in [-0.4, -0.2) is 25.0 Å². The van der Waals surface area contributed by atoms with Crippen LogP contribution >= 0.6 is 0 Å². The Hall–Kier alpha value is -2.69. The maximum atomic E-state index is 13.6. The minimum absolute atomic E-state index is 0.150. The monoisotopic (exact) mass is 317 g/mol. The van der Waals surface area contributed by atoms with Crippen molar-refractivity contribution in [2.24, 2.45) is 0 Å². The molecule has 1 amide bonds. The predicted molar refractivity (Wildman–Crippen MR) is 84.9 cm³/mol. The van der Waals surface area contributed by atoms with Gasteiger partial charge in [-0.05, 0) is 41.5 Å². The Morgan fingerprint density at radius 2 is 2.00 bits per heavy atom. The van der Waals surface area contributed by atoms with Gasteiger partial charge in [0.15, 0.2) is 11.6 Å². The molecule has 0 N–H and O–H groups in total. The zero-order valence-corrected chi connectivity index (χ0v) is 12.9. The molecule has 23 heavy (non-hydrogen) atoms. The van der Waals surface area contributed by atoms with Gasteiger partial charge in [-0.2, -0.15) is 0 Å². The summed E-state index contributed by atoms with van der Waals surface area (Å²) in [5.74, 6) is -0.940. The molecule has 2 aromatic rings. The third kappa shape index (κ3) is 4.64. The molecule has 0 unspecified atom stereocenters. The van der Waals surface area contributed by atoms with Crippen molar-refractivity contribution in [2.45, 2.75) is 6.54 Å². The summed E-state index contributed by atoms with van der Waals surface area (Å²) in [7, 11) is 3.00. The van der Waals surface area contributed by atoms with E-state index < -0.39 is 5.82 Å². The van der Waals surface area contributed by atoms with Crippen molar-refractivity contribution in [2.75, 3.05) is 14.2 Å². The van der Waals surface area contributed by atoms with Crippen molar-refractivity contribution in [1.82, 2.24) is 4.90 Å². The first kappa shape index (κ1) is 16.7. The van der Waals surface area contributed by atoms with Gasteiger partial charge in [-0.3, -0.25) is 4.79 Å². The van der Waals surface area contributed by atoms with Crippen LogP contribution in [0, 0.1) is 11.6 Å². The van der Waals surface area contributed by atoms with E-state index in [4.69, 9.17) is 4.74 Å². The summed E-state index contributed by atoms with van der Waals surface area (Å²) in [5, 5.41) is 0. The zero-order chi connectivity index (χ0) is 16.8. The highest BCUT2D eigenvalue weighted by atomic mass is 19.1. The van der Waals surface area contributed by atoms with Crippen LogP contribution in [0.3, 0.4) is 0 Å². The van der Waals surface area contributed by atoms with Gasteiger partial charge >= 0.3 is 0 Å². The van der Waals surface area contributed by atoms with Crippen LogP contribution < -0.4 is 4.74 Å². The number of hydrogen-bond acceptors (Lipinski definition) is 2. The van der Waals surface area contributed by atoms with Gasteiger partial charge in [-0.15, -0.1) is 0 Å². The zero-order valence-electron chi connectivity index (χ0n) is 12.9. The van der Waals surface area contributed by atoms with E-state index in [9.17, 15) is 13.6 Å². The molecule has 0 spiro atoms. The molecule has 0 saturated carbocycles. The molecule has 0 fully saturated rings. The molecule has 0 aromatic heterocycles. The summed E-state index contributed by atoms with van der Waals surface area (Å²) >= 11 is 0. The molecular weight excluding hydrogens is 300 g/mol. The molecule has 3 nitrogen and oxygen atoms in total. The normalized spacial score (nSPS) is 10.8. The maximum absolute atomic E-state index is 13.6. The highest BCUT2D eigenvalue weighted by Crippen LogP contribution is 2.18. The van der Waals surface area contributed by atoms with E-state index in [1.54, 1.807) is 25.2 Å². The number of hydrogen-bond donors (Lipinski definition) is 0. The summed E-state index contributed by atoms with van der Waals surface area (Å²) in [4.78, 5) is 13.5. The molecule has 120 valence electrons. The Morgan fingerprint density at radius 1 is 1.22 bits per heavy atom. The molecule has 2 rings (SSSR count). The molecule has 2 aromatic carbocycles. The van der Waals surface area contributed by atoms with Crippen molar-refractivity contribution >= 4 is 12.0 Å². The lowest BCUT2D eigenvalue weighted by atomic mass is 10.2. The lowest BCUT2D eigenvalue weighted by Crippen LogP contribution is -2.24. The van der Waals surface area contributed by atoms with Gasteiger partial charge in [0.2, 0.25) is 5.91 Å². The van der Waals surface area contributed by atoms with E-state index in [0.717, 1.165) is 0 Å². The second-order valence-corrected chi connectivity index (χ2v) is 5.05. The number of amides is 1. The largest absolute Gasteiger partial charge is 0.494 e. The summed E-state index contributed by atoms with van der Waals surface area (Å²) in [6.07, 6.45) is 2.87. The van der Waals surface area contributed by atoms with Gasteiger partial charge in [0.05, 0.1) is 7.11 Å². The topological polar surface area (TPSA) is 29.5 Å². The minimum atomic E-state index is -0.491. The van der Waals surface area contributed by atoms with Crippen molar-refractivity contribution in [3.8, 4) is 5.75 Å². The Labute approximate surface area is 133 Å². The van der Waals surface area contributed by atoms with Crippen LogP contribution in [-0.2, 0) is 11.3 Å². The fourth-order valence-corrected chi connectivity index (χ4v) is 2.07. The number of benzene rings is 2. The molecule has 0 bridgehead atoms. The van der Waals surface area contributed by atoms with Gasteiger partial charge < -0.3 is 9.64 Å². The number of halogens is 2. The van der Waals surface area contributed by atoms with E-state index in [1.807, 2.05) is 0 Å². The van der Waals surface area contributed by atoms with Crippen molar-refractivity contribution in [1.29, 1.82) is 0 Å². The number of likely N-dealkylation sites (N-methyl/N-ethyl adjacent to an activating group) is 1. The van der Waals surface area contributed by atoms with Crippen LogP contribution in [0.1, 0.15) is 11.1 Å². The van der Waals surface area contributed by atoms with Crippen LogP contribution in [0.2, 0.25) is 0 Å². The van der Waals surface area contributed by atoms with Crippen LogP contribution in [0.4, 0.5) is 8.78 Å². The molecule has 0 radical (unpaired) electrons. The Balaban J connectivity index is 2.01. The lowest BCUT2D eigenvalue weighted by molar-refractivity contribution is -0.125. The maximum Gasteiger partial charge on any atom is 0.246 e. The molecular formula is C18H17F2NO2. The highest BCUT2D eigenvalue weighted by Gasteiger charge is 2.07. The number of rotatable bonds is 5. The lowest BCUT2D eigenvalue weighted by Gasteiger charge is -2.15. The van der Waals surface area contributed by atoms with Gasteiger partial charge in [0.1, 0.15) is 5.82 Å². The summed E-state index contributed by atoms with van der Waals surface area (Å²) in [5.41, 5.74) is 1.25. The molecule has 5 heteroatoms. The van der Waals surface area contributed by atoms with Gasteiger partial charge in [-0.1, -0.05) is 18.2 Å². The van der Waals surface area contributed by atoms with Gasteiger partial charge in [-0.25, -0.2) is 8.78 Å². The smallest absolute Gasteiger partial charge is 0.246 e. The number of methoxy groups -OCH3 is 1. The summed E-state index contributed by atoms with van der Waals surface area (Å²) in [6, 6.07) is 10.5. The molecule has 0 saturated heterocycles. The fraction of sp³-hybridized carbons (Fsp3) is 0.167. The van der Waals surface area contributed by atoms with Crippen molar-refractivity contribution < 1.29 is 18.3 Å². The number of nitrogens with zero attached hydrogens (tertiary/aromatic N) is 1. The predicted octanol–water partition coefficient (Wildman–Crippen LogP) is 3.65. The van der Waals surface area contributed by atoms with Crippen LogP contribution in [0.15, 0.2) is 48.5 Å². The minimum Gasteiger partial charge on any atom is -0.494 e. The molecule has 0 aliphatic rings. The average Bonchev–Trinajstić information content (AvgIpc) is 2.52. The first-order chi connectivity index (χ1) is 11.0. The summed E-state index contributed by atoms with van der Waals surface area (Å²) < 4.78 is 31.5. The van der Waals surface area contributed by atoms with Crippen LogP contribution in [0.5, 0.6) is 5.75 Å². The van der Waals surface area contributed by atoms with Crippen molar-refractivity contribution in [3.63, 3.8) is 0 Å². The average molecular weight is 317 g/mol. The first-order valence-corrected chi connectivity index (χ1v) is 7.01. The van der Waals surface area contributed by atoms with E-state index in [2.05, 4.69) is 0 Å². The quantitative estimate of drug-likeness (QED) is 0.788. The summed E-state index contributed by atoms with van der Waals surface area (Å²) in [6.45, 7) is 0.290. The number of ether oxygens (including phenoxy) is 1. The molecule has 0 aliphatic heterocycles. The van der Waals surface area contributed by atoms with Crippen molar-refractivity contribution in [3.05, 3.63) is 71.3 Å². The molecule has 0 atom stereocenters. The van der Waals surface area contributed by atoms with Crippen LogP contribution in [0.25, 0.3) is 6.08 Å². The molecule has 0 aliphatic carbocycles. The highest BCUT2D eigenvalue weighted by molar-refractivity contribution is 5.91. The van der Waals surface area contributed by atoms with E-state index in [0.29, 0.717) is 11.1 Å². The second-order valence-electron chi connectivity index (χ2n) is 5.05. The first-order valence-electron chi connectivity index (χ1n) is 7.01. The standard InChI is InChI=1S/C18H17F2NO2/c1-21(12-14-4-3-5-15(19)10-14)18(22)9-7-13-6-8-17(23-2)16(20)11-13/h3-11H,12H2,1-2H3/b9-7+. The third-order valence-electron chi connectivity index (χ3n) is 3.28. The van der Waals surface area contributed by atoms with E-state index in [1.165, 1.54) is 48.4 Å². The SMILES string of the molecule is COc1ccc(/C=C/C(=O)N(C)Cc2cccc(F)c2)cc1F. The number of carbonyl (C=O) groups is 1. The van der Waals surface area contributed by atoms with E-state index in [-0.39, 0.29) is 24.0 Å². The Bertz CT molecular complexity index is 729. The Kier molecular flexibility index (Phi) is 5.46. The fourth-order valence-electron chi connectivity index (χ4n) is 2.07. The third-order valence-corrected chi connectivity index (χ3v) is 3.28.